The van der Waals surface area contributed by atoms with Gasteiger partial charge in [-0.25, -0.2) is 9.48 Å². The molecule has 3 rings (SSSR count). The highest BCUT2D eigenvalue weighted by Gasteiger charge is 2.16. The zero-order chi connectivity index (χ0) is 19.9. The van der Waals surface area contributed by atoms with Crippen LogP contribution in [0.5, 0.6) is 0 Å². The van der Waals surface area contributed by atoms with Crippen LogP contribution in [-0.4, -0.2) is 40.4 Å². The SMILES string of the molecule is CN=C(NCCCn1nc2n(c1=O)CCCC2)NCCc1cc(C)cc(C)c1. The zero-order valence-corrected chi connectivity index (χ0v) is 17.3. The predicted molar refractivity (Wildman–Crippen MR) is 113 cm³/mol. The summed E-state index contributed by atoms with van der Waals surface area (Å²) in [6.45, 7) is 7.28. The van der Waals surface area contributed by atoms with E-state index in [0.717, 1.165) is 63.5 Å². The van der Waals surface area contributed by atoms with Crippen LogP contribution in [0.1, 0.15) is 41.8 Å². The van der Waals surface area contributed by atoms with Gasteiger partial charge < -0.3 is 10.6 Å². The third-order valence-electron chi connectivity index (χ3n) is 5.08. The summed E-state index contributed by atoms with van der Waals surface area (Å²) in [7, 11) is 1.78. The second-order valence-corrected chi connectivity index (χ2v) is 7.56. The van der Waals surface area contributed by atoms with Crippen molar-refractivity contribution in [3.8, 4) is 0 Å². The van der Waals surface area contributed by atoms with Crippen LogP contribution in [0.4, 0.5) is 0 Å². The Balaban J connectivity index is 1.40. The van der Waals surface area contributed by atoms with Gasteiger partial charge in [-0.15, -0.1) is 0 Å². The van der Waals surface area contributed by atoms with Gasteiger partial charge >= 0.3 is 5.69 Å². The lowest BCUT2D eigenvalue weighted by Crippen LogP contribution is -2.39. The van der Waals surface area contributed by atoms with E-state index in [4.69, 9.17) is 0 Å². The predicted octanol–water partition coefficient (Wildman–Crippen LogP) is 1.80. The van der Waals surface area contributed by atoms with Gasteiger partial charge in [-0.05, 0) is 45.1 Å². The molecule has 0 atom stereocenters. The van der Waals surface area contributed by atoms with Crippen molar-refractivity contribution >= 4 is 5.96 Å². The molecular weight excluding hydrogens is 352 g/mol. The van der Waals surface area contributed by atoms with Gasteiger partial charge in [0.15, 0.2) is 5.96 Å². The fourth-order valence-electron chi connectivity index (χ4n) is 3.79. The number of fused-ring (bicyclic) bond motifs is 1. The molecule has 0 saturated carbocycles. The fourth-order valence-corrected chi connectivity index (χ4v) is 3.79. The van der Waals surface area contributed by atoms with E-state index in [9.17, 15) is 4.79 Å². The molecule has 1 aliphatic heterocycles. The minimum Gasteiger partial charge on any atom is -0.356 e. The first-order chi connectivity index (χ1) is 13.6. The molecule has 0 bridgehead atoms. The number of rotatable bonds is 7. The van der Waals surface area contributed by atoms with Gasteiger partial charge in [0.25, 0.3) is 0 Å². The molecular formula is C21H32N6O. The number of nitrogens with one attached hydrogen (secondary N) is 2. The lowest BCUT2D eigenvalue weighted by molar-refractivity contribution is 0.509. The van der Waals surface area contributed by atoms with Crippen LogP contribution in [0.15, 0.2) is 28.0 Å². The number of hydrogen-bond acceptors (Lipinski definition) is 3. The number of aromatic nitrogens is 3. The maximum atomic E-state index is 12.3. The molecule has 7 heteroatoms. The average molecular weight is 385 g/mol. The molecule has 7 nitrogen and oxygen atoms in total. The molecule has 0 fully saturated rings. The molecule has 1 aromatic heterocycles. The van der Waals surface area contributed by atoms with Crippen LogP contribution in [0, 0.1) is 13.8 Å². The van der Waals surface area contributed by atoms with Crippen LogP contribution in [0.3, 0.4) is 0 Å². The van der Waals surface area contributed by atoms with Gasteiger partial charge in [0, 0.05) is 39.6 Å². The molecule has 2 aromatic rings. The molecule has 0 aliphatic carbocycles. The summed E-state index contributed by atoms with van der Waals surface area (Å²) in [5.41, 5.74) is 3.97. The van der Waals surface area contributed by atoms with Gasteiger partial charge in [0.1, 0.15) is 5.82 Å². The first-order valence-corrected chi connectivity index (χ1v) is 10.2. The number of aryl methyl sites for hydroxylation is 4. The van der Waals surface area contributed by atoms with E-state index < -0.39 is 0 Å². The fraction of sp³-hybridized carbons (Fsp3) is 0.571. The van der Waals surface area contributed by atoms with E-state index in [0.29, 0.717) is 6.54 Å². The van der Waals surface area contributed by atoms with Crippen molar-refractivity contribution in [1.82, 2.24) is 25.0 Å². The van der Waals surface area contributed by atoms with E-state index in [1.807, 2.05) is 4.57 Å². The second kappa shape index (κ2) is 9.57. The Morgan fingerprint density at radius 1 is 1.14 bits per heavy atom. The molecule has 0 spiro atoms. The largest absolute Gasteiger partial charge is 0.356 e. The Labute approximate surface area is 166 Å². The first kappa shape index (κ1) is 20.2. The third kappa shape index (κ3) is 5.24. The Morgan fingerprint density at radius 2 is 1.89 bits per heavy atom. The van der Waals surface area contributed by atoms with Gasteiger partial charge in [-0.2, -0.15) is 5.10 Å². The molecule has 2 heterocycles. The van der Waals surface area contributed by atoms with Crippen molar-refractivity contribution in [2.45, 2.75) is 59.0 Å². The Bertz CT molecular complexity index is 859. The summed E-state index contributed by atoms with van der Waals surface area (Å²) in [5, 5.41) is 11.2. The van der Waals surface area contributed by atoms with Crippen LogP contribution >= 0.6 is 0 Å². The minimum absolute atomic E-state index is 0.0330. The van der Waals surface area contributed by atoms with Crippen LogP contribution in [-0.2, 0) is 25.9 Å². The van der Waals surface area contributed by atoms with Crippen molar-refractivity contribution < 1.29 is 0 Å². The quantitative estimate of drug-likeness (QED) is 0.434. The average Bonchev–Trinajstić information content (AvgIpc) is 2.99. The maximum absolute atomic E-state index is 12.3. The van der Waals surface area contributed by atoms with E-state index in [1.54, 1.807) is 11.7 Å². The summed E-state index contributed by atoms with van der Waals surface area (Å²) >= 11 is 0. The molecule has 1 aliphatic rings. The van der Waals surface area contributed by atoms with E-state index in [2.05, 4.69) is 52.8 Å². The monoisotopic (exact) mass is 384 g/mol. The Kier molecular flexibility index (Phi) is 6.90. The Morgan fingerprint density at radius 3 is 2.61 bits per heavy atom. The molecule has 0 unspecified atom stereocenters. The highest BCUT2D eigenvalue weighted by atomic mass is 16.2. The van der Waals surface area contributed by atoms with Crippen molar-refractivity contribution in [3.63, 3.8) is 0 Å². The topological polar surface area (TPSA) is 76.2 Å². The zero-order valence-electron chi connectivity index (χ0n) is 17.3. The standard InChI is InChI=1S/C21H32N6O/c1-16-13-17(2)15-18(14-16)8-10-24-20(22-3)23-9-6-12-27-21(28)26-11-5-4-7-19(26)25-27/h13-15H,4-12H2,1-3H3,(H2,22,23,24). The molecule has 0 amide bonds. The lowest BCUT2D eigenvalue weighted by atomic mass is 10.1. The van der Waals surface area contributed by atoms with Crippen LogP contribution < -0.4 is 16.3 Å². The van der Waals surface area contributed by atoms with Crippen LogP contribution in [0.25, 0.3) is 0 Å². The highest BCUT2D eigenvalue weighted by Crippen LogP contribution is 2.10. The van der Waals surface area contributed by atoms with Crippen molar-refractivity contribution in [2.24, 2.45) is 4.99 Å². The molecule has 0 saturated heterocycles. The van der Waals surface area contributed by atoms with Gasteiger partial charge in [-0.3, -0.25) is 9.56 Å². The van der Waals surface area contributed by atoms with Gasteiger partial charge in [0.2, 0.25) is 0 Å². The minimum atomic E-state index is 0.0330. The van der Waals surface area contributed by atoms with E-state index in [1.165, 1.54) is 16.7 Å². The molecule has 152 valence electrons. The van der Waals surface area contributed by atoms with Crippen LogP contribution in [0.2, 0.25) is 0 Å². The highest BCUT2D eigenvalue weighted by molar-refractivity contribution is 5.79. The first-order valence-electron chi connectivity index (χ1n) is 10.2. The normalized spacial score (nSPS) is 14.0. The Hall–Kier alpha value is -2.57. The number of nitrogens with zero attached hydrogens (tertiary/aromatic N) is 4. The second-order valence-electron chi connectivity index (χ2n) is 7.56. The van der Waals surface area contributed by atoms with E-state index in [-0.39, 0.29) is 5.69 Å². The van der Waals surface area contributed by atoms with Gasteiger partial charge in [0.05, 0.1) is 0 Å². The third-order valence-corrected chi connectivity index (χ3v) is 5.08. The number of aliphatic imine (C=N–C) groups is 1. The van der Waals surface area contributed by atoms with Gasteiger partial charge in [-0.1, -0.05) is 29.3 Å². The summed E-state index contributed by atoms with van der Waals surface area (Å²) in [6, 6.07) is 6.65. The number of guanidine groups is 1. The molecule has 28 heavy (non-hydrogen) atoms. The van der Waals surface area contributed by atoms with Crippen molar-refractivity contribution in [3.05, 3.63) is 51.2 Å². The number of hydrogen-bond donors (Lipinski definition) is 2. The maximum Gasteiger partial charge on any atom is 0.345 e. The summed E-state index contributed by atoms with van der Waals surface area (Å²) in [6.07, 6.45) is 4.90. The van der Waals surface area contributed by atoms with Crippen molar-refractivity contribution in [2.75, 3.05) is 20.1 Å². The lowest BCUT2D eigenvalue weighted by Gasteiger charge is -2.12. The summed E-state index contributed by atoms with van der Waals surface area (Å²) in [4.78, 5) is 16.6. The van der Waals surface area contributed by atoms with E-state index >= 15 is 0 Å². The van der Waals surface area contributed by atoms with Crippen molar-refractivity contribution in [1.29, 1.82) is 0 Å². The smallest absolute Gasteiger partial charge is 0.345 e. The molecule has 0 radical (unpaired) electrons. The number of benzene rings is 1. The molecule has 1 aromatic carbocycles. The summed E-state index contributed by atoms with van der Waals surface area (Å²) < 4.78 is 3.43. The summed E-state index contributed by atoms with van der Waals surface area (Å²) in [5.74, 6) is 1.73. The molecule has 2 N–H and O–H groups in total.